The fourth-order valence-corrected chi connectivity index (χ4v) is 1.90. The van der Waals surface area contributed by atoms with Crippen LogP contribution in [0.1, 0.15) is 25.3 Å². The van der Waals surface area contributed by atoms with Gasteiger partial charge in [0.1, 0.15) is 5.82 Å². The highest BCUT2D eigenvalue weighted by molar-refractivity contribution is 5.86. The van der Waals surface area contributed by atoms with Crippen LogP contribution in [0.3, 0.4) is 0 Å². The Hall–Kier alpha value is -1.97. The average Bonchev–Trinajstić information content (AvgIpc) is 2.39. The van der Waals surface area contributed by atoms with Crippen LogP contribution in [0, 0.1) is 5.82 Å². The third-order valence-electron chi connectivity index (χ3n) is 2.87. The first-order valence-corrected chi connectivity index (χ1v) is 6.39. The lowest BCUT2D eigenvalue weighted by Crippen LogP contribution is -2.09. The van der Waals surface area contributed by atoms with Gasteiger partial charge in [-0.3, -0.25) is 9.78 Å². The molecule has 0 amide bonds. The number of hydrogen-bond donors (Lipinski definition) is 0. The summed E-state index contributed by atoms with van der Waals surface area (Å²) in [6.45, 7) is 2.44. The Bertz CT molecular complexity index is 583. The molecule has 0 aliphatic rings. The van der Waals surface area contributed by atoms with Gasteiger partial charge in [0.25, 0.3) is 0 Å². The molecule has 0 atom stereocenters. The summed E-state index contributed by atoms with van der Waals surface area (Å²) in [5, 5.41) is 0.788. The van der Waals surface area contributed by atoms with Crippen molar-refractivity contribution in [2.24, 2.45) is 0 Å². The smallest absolute Gasteiger partial charge is 0.310 e. The van der Waals surface area contributed by atoms with Crippen molar-refractivity contribution in [1.29, 1.82) is 0 Å². The number of unbranched alkanes of at least 4 members (excludes halogenated alkanes) is 1. The molecular weight excluding hydrogens is 245 g/mol. The second-order valence-corrected chi connectivity index (χ2v) is 4.39. The van der Waals surface area contributed by atoms with E-state index >= 15 is 0 Å². The predicted molar refractivity (Wildman–Crippen MR) is 71.3 cm³/mol. The molecule has 0 fully saturated rings. The molecule has 0 N–H and O–H groups in total. The standard InChI is InChI=1S/C15H16FNO2/c1-2-3-7-19-15(18)9-11-8-12(16)10-14-13(11)5-4-6-17-14/h4-6,8,10H,2-3,7,9H2,1H3. The van der Waals surface area contributed by atoms with Crippen molar-refractivity contribution >= 4 is 16.9 Å². The molecule has 1 aromatic carbocycles. The van der Waals surface area contributed by atoms with E-state index in [1.807, 2.05) is 13.0 Å². The van der Waals surface area contributed by atoms with Gasteiger partial charge in [-0.2, -0.15) is 0 Å². The molecule has 0 radical (unpaired) electrons. The fourth-order valence-electron chi connectivity index (χ4n) is 1.90. The van der Waals surface area contributed by atoms with Gasteiger partial charge in [0, 0.05) is 17.6 Å². The van der Waals surface area contributed by atoms with E-state index in [0.717, 1.165) is 18.2 Å². The largest absolute Gasteiger partial charge is 0.465 e. The van der Waals surface area contributed by atoms with Crippen LogP contribution >= 0.6 is 0 Å². The Labute approximate surface area is 111 Å². The first-order valence-electron chi connectivity index (χ1n) is 6.39. The van der Waals surface area contributed by atoms with Crippen molar-refractivity contribution in [3.8, 4) is 0 Å². The number of aromatic nitrogens is 1. The van der Waals surface area contributed by atoms with Gasteiger partial charge in [-0.15, -0.1) is 0 Å². The van der Waals surface area contributed by atoms with E-state index in [-0.39, 0.29) is 18.2 Å². The van der Waals surface area contributed by atoms with Crippen LogP contribution in [0.5, 0.6) is 0 Å². The zero-order chi connectivity index (χ0) is 13.7. The second kappa shape index (κ2) is 6.27. The molecule has 0 saturated carbocycles. The molecule has 1 heterocycles. The van der Waals surface area contributed by atoms with Gasteiger partial charge in [0.05, 0.1) is 18.5 Å². The third kappa shape index (κ3) is 3.50. The van der Waals surface area contributed by atoms with Crippen molar-refractivity contribution in [2.75, 3.05) is 6.61 Å². The maximum Gasteiger partial charge on any atom is 0.310 e. The SMILES string of the molecule is CCCCOC(=O)Cc1cc(F)cc2ncccc12. The Morgan fingerprint density at radius 3 is 3.05 bits per heavy atom. The number of pyridine rings is 1. The van der Waals surface area contributed by atoms with Gasteiger partial charge in [-0.25, -0.2) is 4.39 Å². The number of carbonyl (C=O) groups is 1. The molecule has 0 saturated heterocycles. The minimum absolute atomic E-state index is 0.0731. The summed E-state index contributed by atoms with van der Waals surface area (Å²) >= 11 is 0. The van der Waals surface area contributed by atoms with Gasteiger partial charge in [-0.1, -0.05) is 19.4 Å². The molecule has 0 bridgehead atoms. The summed E-state index contributed by atoms with van der Waals surface area (Å²) in [5.74, 6) is -0.716. The number of fused-ring (bicyclic) bond motifs is 1. The second-order valence-electron chi connectivity index (χ2n) is 4.39. The number of rotatable bonds is 5. The number of nitrogens with zero attached hydrogens (tertiary/aromatic N) is 1. The van der Waals surface area contributed by atoms with E-state index in [1.165, 1.54) is 12.1 Å². The van der Waals surface area contributed by atoms with E-state index in [1.54, 1.807) is 12.3 Å². The molecule has 4 heteroatoms. The van der Waals surface area contributed by atoms with E-state index in [0.29, 0.717) is 17.7 Å². The lowest BCUT2D eigenvalue weighted by molar-refractivity contribution is -0.142. The fraction of sp³-hybridized carbons (Fsp3) is 0.333. The van der Waals surface area contributed by atoms with Gasteiger partial charge < -0.3 is 4.74 Å². The maximum absolute atomic E-state index is 13.5. The first-order chi connectivity index (χ1) is 9.20. The van der Waals surface area contributed by atoms with Gasteiger partial charge >= 0.3 is 5.97 Å². The number of esters is 1. The average molecular weight is 261 g/mol. The van der Waals surface area contributed by atoms with Crippen LogP contribution in [0.2, 0.25) is 0 Å². The molecule has 0 aliphatic heterocycles. The molecule has 2 rings (SSSR count). The van der Waals surface area contributed by atoms with Crippen LogP contribution in [-0.2, 0) is 16.0 Å². The van der Waals surface area contributed by atoms with Crippen LogP contribution in [0.4, 0.5) is 4.39 Å². The van der Waals surface area contributed by atoms with Gasteiger partial charge in [0.2, 0.25) is 0 Å². The van der Waals surface area contributed by atoms with Crippen molar-refractivity contribution in [1.82, 2.24) is 4.98 Å². The van der Waals surface area contributed by atoms with Crippen molar-refractivity contribution in [3.05, 3.63) is 41.8 Å². The van der Waals surface area contributed by atoms with E-state index in [9.17, 15) is 9.18 Å². The van der Waals surface area contributed by atoms with Crippen LogP contribution in [-0.4, -0.2) is 17.6 Å². The van der Waals surface area contributed by atoms with Crippen LogP contribution in [0.15, 0.2) is 30.5 Å². The minimum atomic E-state index is -0.387. The topological polar surface area (TPSA) is 39.2 Å². The zero-order valence-corrected chi connectivity index (χ0v) is 10.9. The van der Waals surface area contributed by atoms with Crippen molar-refractivity contribution < 1.29 is 13.9 Å². The van der Waals surface area contributed by atoms with Gasteiger partial charge in [0.15, 0.2) is 0 Å². The molecular formula is C15H16FNO2. The highest BCUT2D eigenvalue weighted by atomic mass is 19.1. The summed E-state index contributed by atoms with van der Waals surface area (Å²) in [4.78, 5) is 15.8. The molecule has 19 heavy (non-hydrogen) atoms. The number of benzene rings is 1. The Morgan fingerprint density at radius 1 is 1.42 bits per heavy atom. The summed E-state index contributed by atoms with van der Waals surface area (Å²) in [7, 11) is 0. The van der Waals surface area contributed by atoms with E-state index in [2.05, 4.69) is 4.98 Å². The van der Waals surface area contributed by atoms with Crippen molar-refractivity contribution in [2.45, 2.75) is 26.2 Å². The summed E-state index contributed by atoms with van der Waals surface area (Å²) < 4.78 is 18.6. The van der Waals surface area contributed by atoms with Crippen LogP contribution < -0.4 is 0 Å². The first kappa shape index (κ1) is 13.5. The van der Waals surface area contributed by atoms with Gasteiger partial charge in [-0.05, 0) is 24.1 Å². The molecule has 1 aromatic heterocycles. The number of halogens is 1. The predicted octanol–water partition coefficient (Wildman–Crippen LogP) is 3.26. The van der Waals surface area contributed by atoms with E-state index in [4.69, 9.17) is 4.74 Å². The normalized spacial score (nSPS) is 10.6. The monoisotopic (exact) mass is 261 g/mol. The molecule has 0 spiro atoms. The molecule has 0 unspecified atom stereocenters. The highest BCUT2D eigenvalue weighted by Gasteiger charge is 2.10. The minimum Gasteiger partial charge on any atom is -0.465 e. The third-order valence-corrected chi connectivity index (χ3v) is 2.87. The zero-order valence-electron chi connectivity index (χ0n) is 10.9. The van der Waals surface area contributed by atoms with E-state index < -0.39 is 0 Å². The van der Waals surface area contributed by atoms with Crippen molar-refractivity contribution in [3.63, 3.8) is 0 Å². The van der Waals surface area contributed by atoms with Crippen LogP contribution in [0.25, 0.3) is 10.9 Å². The summed E-state index contributed by atoms with van der Waals surface area (Å²) in [5.41, 5.74) is 1.17. The molecule has 3 nitrogen and oxygen atoms in total. The number of ether oxygens (including phenoxy) is 1. The molecule has 2 aromatic rings. The quantitative estimate of drug-likeness (QED) is 0.612. The molecule has 100 valence electrons. The highest BCUT2D eigenvalue weighted by Crippen LogP contribution is 2.19. The lowest BCUT2D eigenvalue weighted by atomic mass is 10.1. The molecule has 0 aliphatic carbocycles. The Morgan fingerprint density at radius 2 is 2.26 bits per heavy atom. The summed E-state index contributed by atoms with van der Waals surface area (Å²) in [6, 6.07) is 6.33. The Kier molecular flexibility index (Phi) is 4.44. The number of carbonyl (C=O) groups excluding carboxylic acids is 1. The number of hydrogen-bond acceptors (Lipinski definition) is 3. The maximum atomic E-state index is 13.5. The lowest BCUT2D eigenvalue weighted by Gasteiger charge is -2.07. The summed E-state index contributed by atoms with van der Waals surface area (Å²) in [6.07, 6.45) is 3.49. The Balaban J connectivity index is 2.18.